The van der Waals surface area contributed by atoms with Crippen LogP contribution in [-0.2, 0) is 25.5 Å². The van der Waals surface area contributed by atoms with Gasteiger partial charge in [0.2, 0.25) is 5.91 Å². The number of carbonyl (C=O) groups excluding carboxylic acids is 3. The minimum Gasteiger partial charge on any atom is -0.481 e. The van der Waals surface area contributed by atoms with Crippen LogP contribution in [0.3, 0.4) is 0 Å². The molecule has 2 amide bonds. The molecule has 1 heterocycles. The highest BCUT2D eigenvalue weighted by Crippen LogP contribution is 2.31. The van der Waals surface area contributed by atoms with Crippen LogP contribution in [0.25, 0.3) is 0 Å². The molecule has 6 atom stereocenters. The van der Waals surface area contributed by atoms with E-state index in [1.807, 2.05) is 71.9 Å². The van der Waals surface area contributed by atoms with Gasteiger partial charge in [0, 0.05) is 37.4 Å². The number of rotatable bonds is 18. The number of esters is 1. The van der Waals surface area contributed by atoms with Gasteiger partial charge in [0.25, 0.3) is 5.91 Å². The number of carboxylic acids is 1. The van der Waals surface area contributed by atoms with Gasteiger partial charge >= 0.3 is 11.9 Å². The predicted molar refractivity (Wildman–Crippen MR) is 177 cm³/mol. The molecule has 0 saturated carbocycles. The Bertz CT molecular complexity index is 1250. The largest absolute Gasteiger partial charge is 0.481 e. The van der Waals surface area contributed by atoms with Crippen LogP contribution in [0.1, 0.15) is 101 Å². The van der Waals surface area contributed by atoms with E-state index in [1.165, 1.54) is 11.3 Å². The lowest BCUT2D eigenvalue weighted by atomic mass is 9.93. The Morgan fingerprint density at radius 3 is 2.24 bits per heavy atom. The van der Waals surface area contributed by atoms with E-state index in [1.54, 1.807) is 24.3 Å². The van der Waals surface area contributed by atoms with Gasteiger partial charge in [-0.05, 0) is 36.2 Å². The predicted octanol–water partition coefficient (Wildman–Crippen LogP) is 5.47. The number of nitrogens with one attached hydrogen (secondary N) is 1. The molecule has 250 valence electrons. The zero-order valence-corrected chi connectivity index (χ0v) is 28.8. The third-order valence-electron chi connectivity index (χ3n) is 8.21. The van der Waals surface area contributed by atoms with Crippen LogP contribution in [0.5, 0.6) is 0 Å². The second-order valence-electron chi connectivity index (χ2n) is 12.9. The fraction of sp³-hybridized carbons (Fsp3) is 0.618. The Morgan fingerprint density at radius 1 is 1.04 bits per heavy atom. The van der Waals surface area contributed by atoms with Gasteiger partial charge in [-0.2, -0.15) is 0 Å². The highest BCUT2D eigenvalue weighted by atomic mass is 32.1. The second-order valence-corrected chi connectivity index (χ2v) is 13.8. The minimum absolute atomic E-state index is 0.0108. The van der Waals surface area contributed by atoms with E-state index in [9.17, 15) is 24.3 Å². The molecule has 11 heteroatoms. The zero-order valence-electron chi connectivity index (χ0n) is 28.0. The van der Waals surface area contributed by atoms with Gasteiger partial charge in [0.15, 0.2) is 6.10 Å². The molecular weight excluding hydrogens is 592 g/mol. The van der Waals surface area contributed by atoms with E-state index in [4.69, 9.17) is 10.5 Å². The summed E-state index contributed by atoms with van der Waals surface area (Å²) in [6.07, 6.45) is 1.21. The van der Waals surface area contributed by atoms with Crippen molar-refractivity contribution in [2.24, 2.45) is 29.4 Å². The van der Waals surface area contributed by atoms with Crippen molar-refractivity contribution in [2.45, 2.75) is 105 Å². The molecule has 0 aliphatic carbocycles. The lowest BCUT2D eigenvalue weighted by molar-refractivity contribution is -0.152. The number of ether oxygens (including phenoxy) is 1. The van der Waals surface area contributed by atoms with Crippen molar-refractivity contribution < 1.29 is 29.0 Å². The second kappa shape index (κ2) is 18.0. The van der Waals surface area contributed by atoms with Crippen molar-refractivity contribution in [3.8, 4) is 0 Å². The number of aromatic nitrogens is 1. The smallest absolute Gasteiger partial charge is 0.306 e. The van der Waals surface area contributed by atoms with Crippen molar-refractivity contribution in [3.05, 3.63) is 52.0 Å². The van der Waals surface area contributed by atoms with E-state index in [2.05, 4.69) is 10.3 Å². The molecule has 0 aliphatic heterocycles. The Kier molecular flexibility index (Phi) is 15.1. The molecule has 2 unspecified atom stereocenters. The summed E-state index contributed by atoms with van der Waals surface area (Å²) in [6.45, 7) is 13.4. The van der Waals surface area contributed by atoms with Crippen molar-refractivity contribution in [2.75, 3.05) is 7.05 Å². The first-order valence-electron chi connectivity index (χ1n) is 15.9. The Morgan fingerprint density at radius 2 is 1.69 bits per heavy atom. The van der Waals surface area contributed by atoms with Crippen LogP contribution >= 0.6 is 11.3 Å². The molecule has 0 radical (unpaired) electrons. The molecule has 0 bridgehead atoms. The summed E-state index contributed by atoms with van der Waals surface area (Å²) in [7, 11) is 1.73. The SMILES string of the molecule is CC[C@H](C)[C@H](N)C(=O)N(C)[C@H](C[C@@H](OC(=O)CC(C)C)c1nc(C(=O)NC(Cc2ccccc2)CC(C)C(=O)O)cs1)C(C)C. The molecule has 0 spiro atoms. The maximum absolute atomic E-state index is 13.4. The topological polar surface area (TPSA) is 152 Å². The molecule has 10 nitrogen and oxygen atoms in total. The number of nitrogens with two attached hydrogens (primary N) is 1. The summed E-state index contributed by atoms with van der Waals surface area (Å²) in [6, 6.07) is 8.18. The molecule has 0 saturated heterocycles. The molecule has 45 heavy (non-hydrogen) atoms. The third-order valence-corrected chi connectivity index (χ3v) is 9.15. The number of thiazole rings is 1. The molecule has 4 N–H and O–H groups in total. The highest BCUT2D eigenvalue weighted by molar-refractivity contribution is 7.09. The normalized spacial score (nSPS) is 15.5. The maximum Gasteiger partial charge on any atom is 0.306 e. The van der Waals surface area contributed by atoms with Crippen LogP contribution in [0.2, 0.25) is 0 Å². The van der Waals surface area contributed by atoms with Crippen molar-refractivity contribution >= 4 is 35.1 Å². The van der Waals surface area contributed by atoms with Gasteiger partial charge in [-0.1, -0.05) is 85.2 Å². The number of nitrogens with zero attached hydrogens (tertiary/aromatic N) is 2. The lowest BCUT2D eigenvalue weighted by Gasteiger charge is -2.35. The van der Waals surface area contributed by atoms with E-state index in [0.717, 1.165) is 12.0 Å². The van der Waals surface area contributed by atoms with Gasteiger partial charge in [0.1, 0.15) is 10.7 Å². The number of carboxylic acid groups (broad SMARTS) is 1. The summed E-state index contributed by atoms with van der Waals surface area (Å²) in [5, 5.41) is 14.5. The molecule has 2 aromatic rings. The zero-order chi connectivity index (χ0) is 33.8. The first-order valence-corrected chi connectivity index (χ1v) is 16.8. The van der Waals surface area contributed by atoms with E-state index < -0.39 is 36.0 Å². The molecule has 1 aromatic carbocycles. The molecule has 1 aromatic heterocycles. The number of benzene rings is 1. The van der Waals surface area contributed by atoms with Crippen LogP contribution in [0.15, 0.2) is 35.7 Å². The lowest BCUT2D eigenvalue weighted by Crippen LogP contribution is -2.51. The van der Waals surface area contributed by atoms with Crippen LogP contribution in [-0.4, -0.2) is 63.9 Å². The molecular formula is C34H52N4O6S. The summed E-state index contributed by atoms with van der Waals surface area (Å²) in [5.41, 5.74) is 7.43. The number of aliphatic carboxylic acids is 1. The van der Waals surface area contributed by atoms with Gasteiger partial charge in [-0.3, -0.25) is 19.2 Å². The van der Waals surface area contributed by atoms with Crippen molar-refractivity contribution in [1.29, 1.82) is 0 Å². The summed E-state index contributed by atoms with van der Waals surface area (Å²) in [5.74, 6) is -2.46. The van der Waals surface area contributed by atoms with Gasteiger partial charge < -0.3 is 25.8 Å². The Hall–Kier alpha value is -3.31. The number of amides is 2. The van der Waals surface area contributed by atoms with E-state index in [0.29, 0.717) is 11.4 Å². The van der Waals surface area contributed by atoms with Gasteiger partial charge in [-0.15, -0.1) is 11.3 Å². The van der Waals surface area contributed by atoms with Crippen LogP contribution in [0.4, 0.5) is 0 Å². The van der Waals surface area contributed by atoms with Crippen molar-refractivity contribution in [1.82, 2.24) is 15.2 Å². The van der Waals surface area contributed by atoms with Crippen LogP contribution in [0, 0.1) is 23.7 Å². The average molecular weight is 645 g/mol. The Labute approximate surface area is 272 Å². The van der Waals surface area contributed by atoms with Crippen LogP contribution < -0.4 is 11.1 Å². The minimum atomic E-state index is -0.933. The standard InChI is InChI=1S/C34H52N4O6S/c1-9-22(6)30(35)33(41)38(8)27(21(4)5)18-28(44-29(39)15-20(2)3)32-37-26(19-45-32)31(40)36-25(16-23(7)34(42)43)17-24-13-11-10-12-14-24/h10-14,19-23,25,27-28,30H,9,15-18,35H2,1-8H3,(H,36,40)(H,42,43)/t22-,23?,25?,27+,28+,30-/m0/s1. The van der Waals surface area contributed by atoms with E-state index in [-0.39, 0.29) is 60.6 Å². The highest BCUT2D eigenvalue weighted by Gasteiger charge is 2.34. The maximum atomic E-state index is 13.4. The summed E-state index contributed by atoms with van der Waals surface area (Å²) >= 11 is 1.21. The first-order chi connectivity index (χ1) is 21.1. The van der Waals surface area contributed by atoms with Gasteiger partial charge in [0.05, 0.1) is 12.0 Å². The number of carbonyl (C=O) groups is 4. The van der Waals surface area contributed by atoms with Gasteiger partial charge in [-0.25, -0.2) is 4.98 Å². The summed E-state index contributed by atoms with van der Waals surface area (Å²) < 4.78 is 5.96. The molecule has 2 rings (SSSR count). The fourth-order valence-corrected chi connectivity index (χ4v) is 5.99. The number of hydrogen-bond acceptors (Lipinski definition) is 8. The quantitative estimate of drug-likeness (QED) is 0.181. The summed E-state index contributed by atoms with van der Waals surface area (Å²) in [4.78, 5) is 57.4. The third kappa shape index (κ3) is 11.9. The molecule has 0 fully saturated rings. The van der Waals surface area contributed by atoms with Crippen molar-refractivity contribution in [3.63, 3.8) is 0 Å². The first kappa shape index (κ1) is 37.9. The number of hydrogen-bond donors (Lipinski definition) is 3. The fourth-order valence-electron chi connectivity index (χ4n) is 5.15. The van der Waals surface area contributed by atoms with E-state index >= 15 is 0 Å². The molecule has 0 aliphatic rings. The monoisotopic (exact) mass is 644 g/mol. The number of likely N-dealkylation sites (N-methyl/N-ethyl adjacent to an activating group) is 1. The Balaban J connectivity index is 2.34. The average Bonchev–Trinajstić information content (AvgIpc) is 3.48.